The van der Waals surface area contributed by atoms with Gasteiger partial charge in [-0.2, -0.15) is 5.06 Å². The summed E-state index contributed by atoms with van der Waals surface area (Å²) < 4.78 is 0. The fourth-order valence-corrected chi connectivity index (χ4v) is 1.36. The Bertz CT molecular complexity index is 401. The average Bonchev–Trinajstić information content (AvgIpc) is 2.70. The number of benzene rings is 1. The van der Waals surface area contributed by atoms with Crippen molar-refractivity contribution in [3.05, 3.63) is 35.4 Å². The van der Waals surface area contributed by atoms with Crippen molar-refractivity contribution in [1.82, 2.24) is 5.06 Å². The summed E-state index contributed by atoms with van der Waals surface area (Å²) in [5.41, 5.74) is 1.61. The van der Waals surface area contributed by atoms with E-state index in [1.165, 1.54) is 11.4 Å². The zero-order chi connectivity index (χ0) is 10.7. The number of hydrogen-bond acceptors (Lipinski definition) is 4. The fourth-order valence-electron chi connectivity index (χ4n) is 1.36. The first-order valence-corrected chi connectivity index (χ1v) is 4.81. The molecule has 1 aliphatic heterocycles. The molecule has 0 saturated heterocycles. The topological polar surface area (TPSA) is 41.9 Å². The Morgan fingerprint density at radius 1 is 1.53 bits per heavy atom. The summed E-state index contributed by atoms with van der Waals surface area (Å²) in [4.78, 5) is 20.7. The average molecular weight is 204 g/mol. The van der Waals surface area contributed by atoms with Crippen molar-refractivity contribution < 1.29 is 9.63 Å². The molecular weight excluding hydrogens is 192 g/mol. The molecule has 1 aliphatic rings. The molecule has 4 nitrogen and oxygen atoms in total. The van der Waals surface area contributed by atoms with Gasteiger partial charge in [0.05, 0.1) is 18.7 Å². The molecule has 0 saturated carbocycles. The molecule has 0 N–H and O–H groups in total. The van der Waals surface area contributed by atoms with Gasteiger partial charge in [-0.3, -0.25) is 4.99 Å². The van der Waals surface area contributed by atoms with E-state index in [-0.39, 0.29) is 5.97 Å². The van der Waals surface area contributed by atoms with Crippen molar-refractivity contribution in [2.24, 2.45) is 4.99 Å². The first-order valence-electron chi connectivity index (χ1n) is 4.81. The molecular formula is C11H12N2O2. The number of aliphatic imine (C=N–C) groups is 1. The van der Waals surface area contributed by atoms with Crippen LogP contribution in [-0.2, 0) is 4.84 Å². The van der Waals surface area contributed by atoms with Crippen molar-refractivity contribution >= 4 is 12.3 Å². The molecule has 0 radical (unpaired) electrons. The Labute approximate surface area is 88.1 Å². The highest BCUT2D eigenvalue weighted by molar-refractivity contribution is 5.89. The second-order valence-corrected chi connectivity index (χ2v) is 3.41. The minimum absolute atomic E-state index is 0.341. The smallest absolute Gasteiger partial charge is 0.334 e. The SMILES string of the molecule is Cc1cccc(C(=O)ON2C=NCC2)c1. The number of nitrogens with zero attached hydrogens (tertiary/aromatic N) is 2. The third-order valence-corrected chi connectivity index (χ3v) is 2.11. The lowest BCUT2D eigenvalue weighted by Crippen LogP contribution is -2.24. The van der Waals surface area contributed by atoms with E-state index in [4.69, 9.17) is 4.84 Å². The zero-order valence-electron chi connectivity index (χ0n) is 8.51. The normalized spacial score (nSPS) is 14.3. The second-order valence-electron chi connectivity index (χ2n) is 3.41. The van der Waals surface area contributed by atoms with Gasteiger partial charge in [-0.25, -0.2) is 4.79 Å². The van der Waals surface area contributed by atoms with Gasteiger partial charge in [0.2, 0.25) is 0 Å². The van der Waals surface area contributed by atoms with Gasteiger partial charge in [0.1, 0.15) is 6.34 Å². The number of hydrogen-bond donors (Lipinski definition) is 0. The Balaban J connectivity index is 2.04. The van der Waals surface area contributed by atoms with Crippen LogP contribution in [0.15, 0.2) is 29.3 Å². The van der Waals surface area contributed by atoms with Crippen molar-refractivity contribution in [1.29, 1.82) is 0 Å². The highest BCUT2D eigenvalue weighted by atomic mass is 16.7. The monoisotopic (exact) mass is 204 g/mol. The predicted molar refractivity (Wildman–Crippen MR) is 56.7 cm³/mol. The van der Waals surface area contributed by atoms with Gasteiger partial charge in [0.25, 0.3) is 0 Å². The molecule has 0 aliphatic carbocycles. The van der Waals surface area contributed by atoms with E-state index in [1.807, 2.05) is 19.1 Å². The zero-order valence-corrected chi connectivity index (χ0v) is 8.51. The lowest BCUT2D eigenvalue weighted by Gasteiger charge is -2.12. The summed E-state index contributed by atoms with van der Waals surface area (Å²) in [6.07, 6.45) is 1.54. The molecule has 0 fully saturated rings. The summed E-state index contributed by atoms with van der Waals surface area (Å²) in [7, 11) is 0. The van der Waals surface area contributed by atoms with Gasteiger partial charge in [-0.15, -0.1) is 0 Å². The van der Waals surface area contributed by atoms with Crippen LogP contribution < -0.4 is 0 Å². The van der Waals surface area contributed by atoms with Gasteiger partial charge in [-0.05, 0) is 19.1 Å². The Hall–Kier alpha value is -1.84. The predicted octanol–water partition coefficient (Wildman–Crippen LogP) is 1.41. The van der Waals surface area contributed by atoms with Gasteiger partial charge < -0.3 is 4.84 Å². The number of hydroxylamine groups is 2. The Morgan fingerprint density at radius 3 is 3.07 bits per heavy atom. The van der Waals surface area contributed by atoms with Gasteiger partial charge in [0.15, 0.2) is 0 Å². The van der Waals surface area contributed by atoms with E-state index >= 15 is 0 Å². The summed E-state index contributed by atoms with van der Waals surface area (Å²) in [5, 5.41) is 1.45. The molecule has 0 amide bonds. The number of carbonyl (C=O) groups is 1. The molecule has 1 aromatic rings. The molecule has 0 unspecified atom stereocenters. The minimum atomic E-state index is -0.341. The van der Waals surface area contributed by atoms with Crippen molar-refractivity contribution in [2.45, 2.75) is 6.92 Å². The Kier molecular flexibility index (Phi) is 2.67. The number of aryl methyl sites for hydroxylation is 1. The largest absolute Gasteiger partial charge is 0.363 e. The van der Waals surface area contributed by atoms with E-state index in [0.29, 0.717) is 18.7 Å². The lowest BCUT2D eigenvalue weighted by molar-refractivity contribution is -0.0454. The minimum Gasteiger partial charge on any atom is -0.334 e. The van der Waals surface area contributed by atoms with Crippen LogP contribution in [0.2, 0.25) is 0 Å². The van der Waals surface area contributed by atoms with Crippen LogP contribution in [0, 0.1) is 6.92 Å². The first-order chi connectivity index (χ1) is 7.25. The van der Waals surface area contributed by atoms with Crippen LogP contribution in [0.4, 0.5) is 0 Å². The summed E-state index contributed by atoms with van der Waals surface area (Å²) in [6.45, 7) is 3.26. The third kappa shape index (κ3) is 2.34. The van der Waals surface area contributed by atoms with Crippen LogP contribution in [0.3, 0.4) is 0 Å². The highest BCUT2D eigenvalue weighted by Crippen LogP contribution is 2.07. The van der Waals surface area contributed by atoms with E-state index in [9.17, 15) is 4.79 Å². The number of rotatable bonds is 2. The molecule has 0 aromatic heterocycles. The van der Waals surface area contributed by atoms with Crippen molar-refractivity contribution in [3.8, 4) is 0 Å². The van der Waals surface area contributed by atoms with E-state index in [2.05, 4.69) is 4.99 Å². The van der Waals surface area contributed by atoms with Gasteiger partial charge in [0, 0.05) is 0 Å². The van der Waals surface area contributed by atoms with Gasteiger partial charge in [-0.1, -0.05) is 17.7 Å². The molecule has 2 rings (SSSR count). The standard InChI is InChI=1S/C11H12N2O2/c1-9-3-2-4-10(7-9)11(14)15-13-6-5-12-8-13/h2-4,7-8H,5-6H2,1H3. The Morgan fingerprint density at radius 2 is 2.40 bits per heavy atom. The first kappa shape index (κ1) is 9.71. The second kappa shape index (κ2) is 4.13. The van der Waals surface area contributed by atoms with Crippen LogP contribution in [-0.4, -0.2) is 30.5 Å². The molecule has 0 bridgehead atoms. The van der Waals surface area contributed by atoms with E-state index in [0.717, 1.165) is 5.56 Å². The lowest BCUT2D eigenvalue weighted by atomic mass is 10.1. The summed E-state index contributed by atoms with van der Waals surface area (Å²) in [6, 6.07) is 7.32. The molecule has 78 valence electrons. The quantitative estimate of drug-likeness (QED) is 0.731. The molecule has 1 aromatic carbocycles. The maximum Gasteiger partial charge on any atom is 0.363 e. The molecule has 4 heteroatoms. The number of carbonyl (C=O) groups excluding carboxylic acids is 1. The molecule has 0 spiro atoms. The van der Waals surface area contributed by atoms with E-state index in [1.54, 1.807) is 12.1 Å². The van der Waals surface area contributed by atoms with Crippen LogP contribution in [0.5, 0.6) is 0 Å². The summed E-state index contributed by atoms with van der Waals surface area (Å²) >= 11 is 0. The van der Waals surface area contributed by atoms with Crippen LogP contribution in [0.1, 0.15) is 15.9 Å². The third-order valence-electron chi connectivity index (χ3n) is 2.11. The maximum absolute atomic E-state index is 11.6. The van der Waals surface area contributed by atoms with Crippen molar-refractivity contribution in [3.63, 3.8) is 0 Å². The fraction of sp³-hybridized carbons (Fsp3) is 0.273. The van der Waals surface area contributed by atoms with E-state index < -0.39 is 0 Å². The molecule has 0 atom stereocenters. The molecule has 1 heterocycles. The van der Waals surface area contributed by atoms with Gasteiger partial charge >= 0.3 is 5.97 Å². The van der Waals surface area contributed by atoms with Crippen molar-refractivity contribution in [2.75, 3.05) is 13.1 Å². The van der Waals surface area contributed by atoms with Crippen LogP contribution in [0.25, 0.3) is 0 Å². The van der Waals surface area contributed by atoms with Crippen LogP contribution >= 0.6 is 0 Å². The summed E-state index contributed by atoms with van der Waals surface area (Å²) in [5.74, 6) is -0.341. The maximum atomic E-state index is 11.6. The highest BCUT2D eigenvalue weighted by Gasteiger charge is 2.13. The molecule has 15 heavy (non-hydrogen) atoms.